The average molecular weight is 460 g/mol. The summed E-state index contributed by atoms with van der Waals surface area (Å²) in [5.74, 6) is -5.79. The molecule has 174 valence electrons. The molecule has 1 fully saturated rings. The maximum atomic E-state index is 13.8. The second-order valence-corrected chi connectivity index (χ2v) is 8.17. The van der Waals surface area contributed by atoms with Crippen molar-refractivity contribution >= 4 is 17.8 Å². The highest BCUT2D eigenvalue weighted by Crippen LogP contribution is 2.43. The third kappa shape index (κ3) is 4.91. The van der Waals surface area contributed by atoms with E-state index in [9.17, 15) is 24.6 Å². The quantitative estimate of drug-likeness (QED) is 0.469. The first-order valence-electron chi connectivity index (χ1n) is 10.9. The third-order valence-corrected chi connectivity index (χ3v) is 6.04. The molecule has 8 heteroatoms. The molecule has 0 aliphatic heterocycles. The van der Waals surface area contributed by atoms with Crippen LogP contribution in [0.4, 0.5) is 0 Å². The van der Waals surface area contributed by atoms with Crippen molar-refractivity contribution in [2.24, 2.45) is 17.8 Å². The van der Waals surface area contributed by atoms with Gasteiger partial charge in [0.25, 0.3) is 0 Å². The van der Waals surface area contributed by atoms with Crippen molar-refractivity contribution in [2.75, 3.05) is 0 Å². The second-order valence-electron chi connectivity index (χ2n) is 8.17. The summed E-state index contributed by atoms with van der Waals surface area (Å²) >= 11 is 0. The summed E-state index contributed by atoms with van der Waals surface area (Å²) in [5, 5.41) is 19.0. The molecule has 4 rings (SSSR count). The monoisotopic (exact) mass is 460 g/mol. The number of para-hydroxylation sites is 1. The Labute approximate surface area is 196 Å². The zero-order valence-corrected chi connectivity index (χ0v) is 18.2. The van der Waals surface area contributed by atoms with Gasteiger partial charge in [0, 0.05) is 24.5 Å². The smallest absolute Gasteiger partial charge is 0.308 e. The van der Waals surface area contributed by atoms with Gasteiger partial charge < -0.3 is 14.9 Å². The Kier molecular flexibility index (Phi) is 6.87. The zero-order chi connectivity index (χ0) is 24.1. The Morgan fingerprint density at radius 1 is 0.882 bits per heavy atom. The lowest BCUT2D eigenvalue weighted by Crippen LogP contribution is -2.54. The van der Waals surface area contributed by atoms with Crippen molar-refractivity contribution in [3.05, 3.63) is 96.3 Å². The number of ether oxygens (including phenoxy) is 1. The molecular weight excluding hydrogens is 436 g/mol. The number of rotatable bonds is 9. The van der Waals surface area contributed by atoms with Gasteiger partial charge in [-0.2, -0.15) is 0 Å². The number of carboxylic acids is 2. The number of aromatic nitrogens is 1. The van der Waals surface area contributed by atoms with E-state index in [4.69, 9.17) is 4.74 Å². The lowest BCUT2D eigenvalue weighted by molar-refractivity contribution is -0.175. The van der Waals surface area contributed by atoms with Crippen LogP contribution in [0.1, 0.15) is 23.8 Å². The lowest BCUT2D eigenvalue weighted by Gasteiger charge is -2.42. The number of carbonyl (C=O) groups is 3. The Morgan fingerprint density at radius 2 is 1.50 bits per heavy atom. The van der Waals surface area contributed by atoms with Crippen LogP contribution in [0.2, 0.25) is 0 Å². The number of pyridine rings is 1. The summed E-state index contributed by atoms with van der Waals surface area (Å²) in [6, 6.07) is 21.7. The molecule has 8 nitrogen and oxygen atoms in total. The maximum absolute atomic E-state index is 13.8. The highest BCUT2D eigenvalue weighted by molar-refractivity contribution is 5.91. The van der Waals surface area contributed by atoms with Crippen molar-refractivity contribution in [3.8, 4) is 5.75 Å². The molecule has 0 spiro atoms. The van der Waals surface area contributed by atoms with Gasteiger partial charge in [-0.25, -0.2) is 0 Å². The molecule has 0 bridgehead atoms. The summed E-state index contributed by atoms with van der Waals surface area (Å²) in [7, 11) is 0. The molecule has 1 heterocycles. The van der Waals surface area contributed by atoms with Crippen LogP contribution in [-0.2, 0) is 20.9 Å². The van der Waals surface area contributed by atoms with Gasteiger partial charge in [-0.15, -0.1) is 0 Å². The highest BCUT2D eigenvalue weighted by Gasteiger charge is 2.54. The minimum atomic E-state index is -1.29. The van der Waals surface area contributed by atoms with Gasteiger partial charge in [0.15, 0.2) is 0 Å². The summed E-state index contributed by atoms with van der Waals surface area (Å²) in [6.07, 6.45) is 2.32. The SMILES string of the molecule is O=C(O)C1CC(C(=O)N(Cc2ccncc2)C(Oc2ccccc2)c2ccccc2)C1C(=O)O. The molecule has 3 aromatic rings. The fraction of sp³-hybridized carbons (Fsp3) is 0.231. The van der Waals surface area contributed by atoms with Crippen LogP contribution in [0.25, 0.3) is 0 Å². The minimum Gasteiger partial charge on any atom is -0.481 e. The maximum Gasteiger partial charge on any atom is 0.308 e. The molecule has 4 atom stereocenters. The van der Waals surface area contributed by atoms with E-state index in [0.717, 1.165) is 5.56 Å². The van der Waals surface area contributed by atoms with Crippen LogP contribution in [0.3, 0.4) is 0 Å². The molecular formula is C26H24N2O6. The summed E-state index contributed by atoms with van der Waals surface area (Å²) < 4.78 is 6.27. The van der Waals surface area contributed by atoms with Gasteiger partial charge in [-0.3, -0.25) is 24.3 Å². The largest absolute Gasteiger partial charge is 0.481 e. The number of hydrogen-bond acceptors (Lipinski definition) is 5. The van der Waals surface area contributed by atoms with Gasteiger partial charge in [0.2, 0.25) is 12.1 Å². The number of aliphatic carboxylic acids is 2. The summed E-state index contributed by atoms with van der Waals surface area (Å²) in [5.41, 5.74) is 1.48. The average Bonchev–Trinajstić information content (AvgIpc) is 2.82. The summed E-state index contributed by atoms with van der Waals surface area (Å²) in [4.78, 5) is 42.6. The lowest BCUT2D eigenvalue weighted by atomic mass is 9.64. The Morgan fingerprint density at radius 3 is 2.09 bits per heavy atom. The van der Waals surface area contributed by atoms with Gasteiger partial charge in [-0.05, 0) is 36.2 Å². The van der Waals surface area contributed by atoms with Crippen LogP contribution in [0.15, 0.2) is 85.2 Å². The van der Waals surface area contributed by atoms with E-state index in [-0.39, 0.29) is 13.0 Å². The van der Waals surface area contributed by atoms with Crippen molar-refractivity contribution in [3.63, 3.8) is 0 Å². The molecule has 1 saturated carbocycles. The molecule has 2 N–H and O–H groups in total. The summed E-state index contributed by atoms with van der Waals surface area (Å²) in [6.45, 7) is 0.133. The van der Waals surface area contributed by atoms with E-state index in [2.05, 4.69) is 4.98 Å². The van der Waals surface area contributed by atoms with E-state index in [1.165, 1.54) is 4.90 Å². The molecule has 0 radical (unpaired) electrons. The van der Waals surface area contributed by atoms with Crippen molar-refractivity contribution in [2.45, 2.75) is 19.2 Å². The fourth-order valence-corrected chi connectivity index (χ4v) is 4.24. The van der Waals surface area contributed by atoms with E-state index < -0.39 is 41.8 Å². The van der Waals surface area contributed by atoms with Gasteiger partial charge >= 0.3 is 11.9 Å². The van der Waals surface area contributed by atoms with Crippen LogP contribution >= 0.6 is 0 Å². The predicted molar refractivity (Wildman–Crippen MR) is 121 cm³/mol. The number of carboxylic acid groups (broad SMARTS) is 2. The second kappa shape index (κ2) is 10.2. The fourth-order valence-electron chi connectivity index (χ4n) is 4.24. The van der Waals surface area contributed by atoms with Crippen LogP contribution in [0, 0.1) is 17.8 Å². The molecule has 2 aromatic carbocycles. The normalized spacial score (nSPS) is 19.9. The Bertz CT molecular complexity index is 1140. The van der Waals surface area contributed by atoms with Crippen LogP contribution in [0.5, 0.6) is 5.75 Å². The molecule has 1 aliphatic rings. The van der Waals surface area contributed by atoms with Crippen LogP contribution in [-0.4, -0.2) is 37.9 Å². The van der Waals surface area contributed by atoms with E-state index in [1.54, 1.807) is 36.7 Å². The van der Waals surface area contributed by atoms with E-state index >= 15 is 0 Å². The number of carbonyl (C=O) groups excluding carboxylic acids is 1. The van der Waals surface area contributed by atoms with E-state index in [1.807, 2.05) is 48.5 Å². The Balaban J connectivity index is 1.73. The van der Waals surface area contributed by atoms with Crippen molar-refractivity contribution < 1.29 is 29.3 Å². The van der Waals surface area contributed by atoms with Gasteiger partial charge in [0.1, 0.15) is 5.75 Å². The first kappa shape index (κ1) is 23.0. The third-order valence-electron chi connectivity index (χ3n) is 6.04. The first-order valence-corrected chi connectivity index (χ1v) is 10.9. The van der Waals surface area contributed by atoms with Gasteiger partial charge in [-0.1, -0.05) is 48.5 Å². The minimum absolute atomic E-state index is 0.0369. The molecule has 0 saturated heterocycles. The standard InChI is InChI=1S/C26H24N2O6/c29-23(20-15-21(25(30)31)22(20)26(32)33)28(16-17-11-13-27-14-12-17)24(18-7-3-1-4-8-18)34-19-9-5-2-6-10-19/h1-14,20-22,24H,15-16H2,(H,30,31)(H,32,33). The van der Waals surface area contributed by atoms with Crippen molar-refractivity contribution in [1.82, 2.24) is 9.88 Å². The first-order chi connectivity index (χ1) is 16.5. The topological polar surface area (TPSA) is 117 Å². The predicted octanol–water partition coefficient (Wildman–Crippen LogP) is 3.61. The molecule has 34 heavy (non-hydrogen) atoms. The number of benzene rings is 2. The molecule has 4 unspecified atom stereocenters. The van der Waals surface area contributed by atoms with E-state index in [0.29, 0.717) is 11.3 Å². The Hall–Kier alpha value is -4.20. The zero-order valence-electron chi connectivity index (χ0n) is 18.2. The molecule has 1 aliphatic carbocycles. The number of nitrogens with zero attached hydrogens (tertiary/aromatic N) is 2. The van der Waals surface area contributed by atoms with Crippen molar-refractivity contribution in [1.29, 1.82) is 0 Å². The molecule has 1 aromatic heterocycles. The molecule has 1 amide bonds. The van der Waals surface area contributed by atoms with Gasteiger partial charge in [0.05, 0.1) is 17.8 Å². The highest BCUT2D eigenvalue weighted by atomic mass is 16.5. The number of hydrogen-bond donors (Lipinski definition) is 2. The number of amides is 1. The van der Waals surface area contributed by atoms with Crippen LogP contribution < -0.4 is 4.74 Å².